The van der Waals surface area contributed by atoms with Crippen molar-refractivity contribution < 1.29 is 5.11 Å². The molecule has 0 atom stereocenters. The smallest absolute Gasteiger partial charge is 0.145 e. The molecule has 0 aliphatic heterocycles. The Balaban J connectivity index is 0.000001000. The van der Waals surface area contributed by atoms with Crippen LogP contribution in [-0.2, 0) is 6.54 Å². The van der Waals surface area contributed by atoms with E-state index in [4.69, 9.17) is 10.8 Å². The second-order valence-electron chi connectivity index (χ2n) is 2.16. The van der Waals surface area contributed by atoms with Crippen LogP contribution in [0.3, 0.4) is 0 Å². The summed E-state index contributed by atoms with van der Waals surface area (Å²) >= 11 is 0. The summed E-state index contributed by atoms with van der Waals surface area (Å²) in [7, 11) is 0. The number of rotatable bonds is 2. The van der Waals surface area contributed by atoms with Gasteiger partial charge in [0.1, 0.15) is 5.82 Å². The van der Waals surface area contributed by atoms with Crippen LogP contribution in [-0.4, -0.2) is 21.5 Å². The Morgan fingerprint density at radius 2 is 2.36 bits per heavy atom. The molecule has 0 aliphatic carbocycles. The Hall–Kier alpha value is -0.740. The number of hydrogen-bond acceptors (Lipinski definition) is 3. The summed E-state index contributed by atoms with van der Waals surface area (Å²) in [6.07, 6.45) is 0. The number of aromatic nitrogens is 2. The van der Waals surface area contributed by atoms with Gasteiger partial charge in [-0.05, 0) is 6.92 Å². The molecule has 0 bridgehead atoms. The third-order valence-corrected chi connectivity index (χ3v) is 1.31. The molecule has 1 aromatic rings. The Bertz CT molecular complexity index is 224. The van der Waals surface area contributed by atoms with E-state index in [1.807, 2.05) is 6.92 Å². The number of halogens is 1. The second-order valence-corrected chi connectivity index (χ2v) is 2.16. The number of nitrogen functional groups attached to an aromatic ring is 1. The summed E-state index contributed by atoms with van der Waals surface area (Å²) in [6.45, 7) is 2.52. The Morgan fingerprint density at radius 3 is 2.73 bits per heavy atom. The highest BCUT2D eigenvalue weighted by molar-refractivity contribution is 5.85. The maximum absolute atomic E-state index is 8.55. The molecule has 0 spiro atoms. The van der Waals surface area contributed by atoms with Crippen molar-refractivity contribution in [3.63, 3.8) is 0 Å². The molecule has 0 saturated heterocycles. The molecule has 3 N–H and O–H groups in total. The molecule has 0 aliphatic rings. The fourth-order valence-electron chi connectivity index (χ4n) is 0.857. The van der Waals surface area contributed by atoms with Crippen molar-refractivity contribution in [2.75, 3.05) is 12.3 Å². The zero-order valence-electron chi connectivity index (χ0n) is 6.32. The zero-order chi connectivity index (χ0) is 7.56. The van der Waals surface area contributed by atoms with Crippen molar-refractivity contribution in [2.45, 2.75) is 13.5 Å². The maximum Gasteiger partial charge on any atom is 0.145 e. The van der Waals surface area contributed by atoms with Crippen molar-refractivity contribution in [1.82, 2.24) is 9.78 Å². The normalized spacial score (nSPS) is 9.27. The summed E-state index contributed by atoms with van der Waals surface area (Å²) in [5.41, 5.74) is 6.37. The lowest BCUT2D eigenvalue weighted by Crippen LogP contribution is -2.05. The van der Waals surface area contributed by atoms with E-state index in [-0.39, 0.29) is 19.0 Å². The van der Waals surface area contributed by atoms with Crippen molar-refractivity contribution >= 4 is 18.2 Å². The number of aryl methyl sites for hydroxylation is 1. The number of aliphatic hydroxyl groups excluding tert-OH is 1. The van der Waals surface area contributed by atoms with Crippen LogP contribution in [0.25, 0.3) is 0 Å². The van der Waals surface area contributed by atoms with Crippen LogP contribution in [0.1, 0.15) is 5.69 Å². The maximum atomic E-state index is 8.55. The first-order chi connectivity index (χ1) is 4.74. The van der Waals surface area contributed by atoms with Crippen molar-refractivity contribution in [3.05, 3.63) is 11.8 Å². The molecule has 5 heteroatoms. The van der Waals surface area contributed by atoms with Crippen LogP contribution in [0.4, 0.5) is 5.82 Å². The number of nitrogens with two attached hydrogens (primary N) is 1. The summed E-state index contributed by atoms with van der Waals surface area (Å²) in [4.78, 5) is 0. The predicted octanol–water partition coefficient (Wildman–Crippen LogP) is 0.188. The second kappa shape index (κ2) is 4.20. The average molecular weight is 178 g/mol. The first-order valence-electron chi connectivity index (χ1n) is 3.15. The molecule has 0 fully saturated rings. The van der Waals surface area contributed by atoms with Crippen LogP contribution in [0, 0.1) is 6.92 Å². The number of anilines is 1. The van der Waals surface area contributed by atoms with Crippen LogP contribution >= 0.6 is 12.4 Å². The lowest BCUT2D eigenvalue weighted by atomic mass is 10.4. The highest BCUT2D eigenvalue weighted by atomic mass is 35.5. The Labute approximate surface area is 71.4 Å². The molecular weight excluding hydrogens is 166 g/mol. The van der Waals surface area contributed by atoms with Gasteiger partial charge in [-0.25, -0.2) is 0 Å². The van der Waals surface area contributed by atoms with E-state index in [1.54, 1.807) is 10.7 Å². The van der Waals surface area contributed by atoms with Gasteiger partial charge in [-0.1, -0.05) is 0 Å². The lowest BCUT2D eigenvalue weighted by Gasteiger charge is -1.98. The molecule has 0 aromatic carbocycles. The largest absolute Gasteiger partial charge is 0.394 e. The zero-order valence-corrected chi connectivity index (χ0v) is 7.14. The van der Waals surface area contributed by atoms with Crippen LogP contribution < -0.4 is 5.73 Å². The minimum Gasteiger partial charge on any atom is -0.394 e. The average Bonchev–Trinajstić information content (AvgIpc) is 2.13. The molecule has 64 valence electrons. The fourth-order valence-corrected chi connectivity index (χ4v) is 0.857. The SMILES string of the molecule is Cc1cc(N)nn1CCO.Cl. The first-order valence-corrected chi connectivity index (χ1v) is 3.15. The topological polar surface area (TPSA) is 64.1 Å². The van der Waals surface area contributed by atoms with Gasteiger partial charge in [0.2, 0.25) is 0 Å². The van der Waals surface area contributed by atoms with E-state index >= 15 is 0 Å². The van der Waals surface area contributed by atoms with E-state index < -0.39 is 0 Å². The molecule has 11 heavy (non-hydrogen) atoms. The fraction of sp³-hybridized carbons (Fsp3) is 0.500. The monoisotopic (exact) mass is 177 g/mol. The standard InChI is InChI=1S/C6H11N3O.ClH/c1-5-4-6(7)8-9(5)2-3-10;/h4,10H,2-3H2,1H3,(H2,7,8);1H. The number of hydrogen-bond donors (Lipinski definition) is 2. The van der Waals surface area contributed by atoms with Gasteiger partial charge in [0.25, 0.3) is 0 Å². The molecule has 0 amide bonds. The van der Waals surface area contributed by atoms with E-state index in [0.717, 1.165) is 5.69 Å². The number of aliphatic hydroxyl groups is 1. The van der Waals surface area contributed by atoms with Gasteiger partial charge in [-0.15, -0.1) is 12.4 Å². The van der Waals surface area contributed by atoms with Crippen molar-refractivity contribution in [3.8, 4) is 0 Å². The van der Waals surface area contributed by atoms with Gasteiger partial charge in [0.15, 0.2) is 0 Å². The molecular formula is C6H12ClN3O. The van der Waals surface area contributed by atoms with Gasteiger partial charge in [0.05, 0.1) is 13.2 Å². The molecule has 1 heterocycles. The van der Waals surface area contributed by atoms with Crippen LogP contribution in [0.15, 0.2) is 6.07 Å². The van der Waals surface area contributed by atoms with E-state index in [1.165, 1.54) is 0 Å². The van der Waals surface area contributed by atoms with E-state index in [0.29, 0.717) is 12.4 Å². The lowest BCUT2D eigenvalue weighted by molar-refractivity contribution is 0.268. The minimum atomic E-state index is 0. The summed E-state index contributed by atoms with van der Waals surface area (Å²) in [5, 5.41) is 12.5. The molecule has 1 aromatic heterocycles. The predicted molar refractivity (Wildman–Crippen MR) is 45.7 cm³/mol. The van der Waals surface area contributed by atoms with Gasteiger partial charge in [-0.2, -0.15) is 5.10 Å². The van der Waals surface area contributed by atoms with E-state index in [9.17, 15) is 0 Å². The number of nitrogens with zero attached hydrogens (tertiary/aromatic N) is 2. The molecule has 0 unspecified atom stereocenters. The first kappa shape index (κ1) is 10.3. The van der Waals surface area contributed by atoms with Gasteiger partial charge < -0.3 is 10.8 Å². The third kappa shape index (κ3) is 2.40. The summed E-state index contributed by atoms with van der Waals surface area (Å²) in [6, 6.07) is 1.77. The van der Waals surface area contributed by atoms with Crippen molar-refractivity contribution in [2.24, 2.45) is 0 Å². The van der Waals surface area contributed by atoms with Gasteiger partial charge >= 0.3 is 0 Å². The Kier molecular flexibility index (Phi) is 3.92. The highest BCUT2D eigenvalue weighted by Crippen LogP contribution is 2.02. The molecule has 4 nitrogen and oxygen atoms in total. The molecule has 0 saturated carbocycles. The van der Waals surface area contributed by atoms with Crippen LogP contribution in [0.2, 0.25) is 0 Å². The van der Waals surface area contributed by atoms with Crippen molar-refractivity contribution in [1.29, 1.82) is 0 Å². The molecule has 0 radical (unpaired) electrons. The van der Waals surface area contributed by atoms with Gasteiger partial charge in [-0.3, -0.25) is 4.68 Å². The Morgan fingerprint density at radius 1 is 1.73 bits per heavy atom. The summed E-state index contributed by atoms with van der Waals surface area (Å²) < 4.78 is 1.68. The molecule has 1 rings (SSSR count). The quantitative estimate of drug-likeness (QED) is 0.678. The minimum absolute atomic E-state index is 0. The highest BCUT2D eigenvalue weighted by Gasteiger charge is 1.98. The van der Waals surface area contributed by atoms with Crippen LogP contribution in [0.5, 0.6) is 0 Å². The summed E-state index contributed by atoms with van der Waals surface area (Å²) in [5.74, 6) is 0.506. The van der Waals surface area contributed by atoms with E-state index in [2.05, 4.69) is 5.10 Å². The third-order valence-electron chi connectivity index (χ3n) is 1.31. The van der Waals surface area contributed by atoms with Gasteiger partial charge in [0, 0.05) is 11.8 Å².